The van der Waals surface area contributed by atoms with Crippen molar-refractivity contribution in [2.45, 2.75) is 6.42 Å². The van der Waals surface area contributed by atoms with Crippen molar-refractivity contribution in [2.24, 2.45) is 0 Å². The number of hydrogen-bond acceptors (Lipinski definition) is 2. The molecule has 0 saturated carbocycles. The zero-order chi connectivity index (χ0) is 37.5. The van der Waals surface area contributed by atoms with Gasteiger partial charge >= 0.3 is 0 Å². The summed E-state index contributed by atoms with van der Waals surface area (Å²) in [7, 11) is 0. The molecule has 0 spiro atoms. The minimum Gasteiger partial charge on any atom is -0.309 e. The quantitative estimate of drug-likeness (QED) is 0.177. The van der Waals surface area contributed by atoms with Crippen molar-refractivity contribution < 1.29 is 0 Å². The lowest BCUT2D eigenvalue weighted by atomic mass is 10.0. The second-order valence-corrected chi connectivity index (χ2v) is 15.0. The van der Waals surface area contributed by atoms with Gasteiger partial charge in [0.25, 0.3) is 0 Å². The van der Waals surface area contributed by atoms with Gasteiger partial charge in [-0.15, -0.1) is 0 Å². The van der Waals surface area contributed by atoms with Crippen LogP contribution >= 0.6 is 0 Å². The highest BCUT2D eigenvalue weighted by molar-refractivity contribution is 6.12. The van der Waals surface area contributed by atoms with Crippen molar-refractivity contribution in [3.63, 3.8) is 0 Å². The van der Waals surface area contributed by atoms with Crippen molar-refractivity contribution in [2.75, 3.05) is 0 Å². The number of nitrogens with zero attached hydrogens (tertiary/aromatic N) is 4. The summed E-state index contributed by atoms with van der Waals surface area (Å²) in [6.45, 7) is 0. The Morgan fingerprint density at radius 1 is 0.368 bits per heavy atom. The maximum atomic E-state index is 5.38. The van der Waals surface area contributed by atoms with Gasteiger partial charge in [-0.25, -0.2) is 9.97 Å². The van der Waals surface area contributed by atoms with Crippen LogP contribution in [0.25, 0.3) is 100 Å². The summed E-state index contributed by atoms with van der Waals surface area (Å²) >= 11 is 0. The Kier molecular flexibility index (Phi) is 6.96. The van der Waals surface area contributed by atoms with Gasteiger partial charge in [-0.3, -0.25) is 4.57 Å². The molecular weight excluding hydrogens is 693 g/mol. The van der Waals surface area contributed by atoms with Crippen molar-refractivity contribution >= 4 is 43.6 Å². The van der Waals surface area contributed by atoms with E-state index in [-0.39, 0.29) is 0 Å². The molecule has 57 heavy (non-hydrogen) atoms. The fourth-order valence-electron chi connectivity index (χ4n) is 9.10. The Labute approximate surface area is 329 Å². The van der Waals surface area contributed by atoms with E-state index in [1.54, 1.807) is 0 Å². The lowest BCUT2D eigenvalue weighted by Gasteiger charge is -2.14. The van der Waals surface area contributed by atoms with Gasteiger partial charge in [0.15, 0.2) is 5.82 Å². The lowest BCUT2D eigenvalue weighted by Crippen LogP contribution is -2.06. The SMILES string of the molecule is c1ccc(-c2ccc(-n3c4ccccc4c4cc(-c5ccc6c(c5)c5ccccc5n6-c5nc(-c6ccccc6)nc6c5Cc5ccccc5-6)ccc43)cc2)cc1. The summed E-state index contributed by atoms with van der Waals surface area (Å²) in [5.74, 6) is 1.68. The first kappa shape index (κ1) is 31.8. The number of para-hydroxylation sites is 2. The Morgan fingerprint density at radius 2 is 0.877 bits per heavy atom. The highest BCUT2D eigenvalue weighted by Gasteiger charge is 2.28. The van der Waals surface area contributed by atoms with Crippen LogP contribution in [-0.4, -0.2) is 19.1 Å². The monoisotopic (exact) mass is 726 g/mol. The van der Waals surface area contributed by atoms with Crippen molar-refractivity contribution in [3.8, 4) is 56.4 Å². The van der Waals surface area contributed by atoms with Crippen LogP contribution in [0.3, 0.4) is 0 Å². The van der Waals surface area contributed by atoms with E-state index in [9.17, 15) is 0 Å². The third-order valence-corrected chi connectivity index (χ3v) is 11.8. The minimum atomic E-state index is 0.739. The summed E-state index contributed by atoms with van der Waals surface area (Å²) in [5.41, 5.74) is 16.3. The molecule has 0 unspecified atom stereocenters. The van der Waals surface area contributed by atoms with Gasteiger partial charge in [-0.2, -0.15) is 0 Å². The summed E-state index contributed by atoms with van der Waals surface area (Å²) in [6.07, 6.45) is 0.798. The molecule has 1 aliphatic carbocycles. The van der Waals surface area contributed by atoms with Gasteiger partial charge in [-0.1, -0.05) is 146 Å². The smallest absolute Gasteiger partial charge is 0.162 e. The van der Waals surface area contributed by atoms with E-state index in [0.717, 1.165) is 46.0 Å². The third kappa shape index (κ3) is 4.94. The number of fused-ring (bicyclic) bond motifs is 9. The third-order valence-electron chi connectivity index (χ3n) is 11.8. The van der Waals surface area contributed by atoms with E-state index >= 15 is 0 Å². The van der Waals surface area contributed by atoms with Crippen LogP contribution in [-0.2, 0) is 6.42 Å². The normalized spacial score (nSPS) is 12.1. The minimum absolute atomic E-state index is 0.739. The molecule has 0 aliphatic heterocycles. The van der Waals surface area contributed by atoms with E-state index in [4.69, 9.17) is 9.97 Å². The van der Waals surface area contributed by atoms with Crippen LogP contribution in [0, 0.1) is 0 Å². The zero-order valence-corrected chi connectivity index (χ0v) is 31.0. The van der Waals surface area contributed by atoms with Crippen molar-refractivity contribution in [1.29, 1.82) is 0 Å². The topological polar surface area (TPSA) is 35.6 Å². The van der Waals surface area contributed by atoms with Gasteiger partial charge in [0.05, 0.1) is 27.8 Å². The number of aromatic nitrogens is 4. The largest absolute Gasteiger partial charge is 0.309 e. The molecule has 3 aromatic heterocycles. The molecule has 4 heteroatoms. The Morgan fingerprint density at radius 3 is 1.56 bits per heavy atom. The average Bonchev–Trinajstić information content (AvgIpc) is 3.94. The highest BCUT2D eigenvalue weighted by atomic mass is 15.1. The number of rotatable bonds is 5. The Bertz CT molecular complexity index is 3360. The lowest BCUT2D eigenvalue weighted by molar-refractivity contribution is 1.01. The van der Waals surface area contributed by atoms with E-state index < -0.39 is 0 Å². The number of benzene rings is 8. The first-order chi connectivity index (χ1) is 28.3. The van der Waals surface area contributed by atoms with Crippen LogP contribution in [0.15, 0.2) is 194 Å². The molecule has 4 nitrogen and oxygen atoms in total. The standard InChI is InChI=1S/C53H34N4/c1-3-13-34(14-4-1)35-23-27-40(28-24-35)56-47-21-11-9-19-42(47)44-31-37(25-29-49(44)56)38-26-30-50-45(32-38)43-20-10-12-22-48(43)57(50)53-46-33-39-17-7-8-18-41(39)51(46)54-52(55-53)36-15-5-2-6-16-36/h1-32H,33H2. The van der Waals surface area contributed by atoms with Crippen LogP contribution in [0.4, 0.5) is 0 Å². The molecule has 0 N–H and O–H groups in total. The second-order valence-electron chi connectivity index (χ2n) is 15.0. The molecule has 0 fully saturated rings. The van der Waals surface area contributed by atoms with Crippen LogP contribution < -0.4 is 0 Å². The Balaban J connectivity index is 1.02. The molecule has 0 amide bonds. The first-order valence-electron chi connectivity index (χ1n) is 19.5. The molecule has 0 radical (unpaired) electrons. The van der Waals surface area contributed by atoms with Gasteiger partial charge in [0.1, 0.15) is 5.82 Å². The molecule has 0 bridgehead atoms. The van der Waals surface area contributed by atoms with Crippen LogP contribution in [0.1, 0.15) is 11.1 Å². The van der Waals surface area contributed by atoms with Gasteiger partial charge < -0.3 is 4.57 Å². The maximum absolute atomic E-state index is 5.38. The molecule has 11 aromatic rings. The maximum Gasteiger partial charge on any atom is 0.162 e. The summed E-state index contributed by atoms with van der Waals surface area (Å²) in [6, 6.07) is 69.8. The van der Waals surface area contributed by atoms with E-state index in [1.165, 1.54) is 71.5 Å². The van der Waals surface area contributed by atoms with Gasteiger partial charge in [0, 0.05) is 50.3 Å². The summed E-state index contributed by atoms with van der Waals surface area (Å²) < 4.78 is 4.76. The Hall–Kier alpha value is -7.56. The van der Waals surface area contributed by atoms with Gasteiger partial charge in [-0.05, 0) is 76.3 Å². The first-order valence-corrected chi connectivity index (χ1v) is 19.5. The number of hydrogen-bond donors (Lipinski definition) is 0. The van der Waals surface area contributed by atoms with Crippen LogP contribution in [0.5, 0.6) is 0 Å². The zero-order valence-electron chi connectivity index (χ0n) is 31.0. The second kappa shape index (κ2) is 12.5. The molecule has 3 heterocycles. The molecule has 0 saturated heterocycles. The highest BCUT2D eigenvalue weighted by Crippen LogP contribution is 2.43. The molecule has 12 rings (SSSR count). The fourth-order valence-corrected chi connectivity index (χ4v) is 9.10. The van der Waals surface area contributed by atoms with E-state index in [1.807, 2.05) is 6.07 Å². The molecular formula is C53H34N4. The predicted molar refractivity (Wildman–Crippen MR) is 235 cm³/mol. The summed E-state index contributed by atoms with van der Waals surface area (Å²) in [5, 5.41) is 4.89. The molecule has 1 aliphatic rings. The van der Waals surface area contributed by atoms with E-state index in [0.29, 0.717) is 0 Å². The predicted octanol–water partition coefficient (Wildman–Crippen LogP) is 13.2. The van der Waals surface area contributed by atoms with Crippen LogP contribution in [0.2, 0.25) is 0 Å². The van der Waals surface area contributed by atoms with E-state index in [2.05, 4.69) is 197 Å². The fraction of sp³-hybridized carbons (Fsp3) is 0.0189. The average molecular weight is 727 g/mol. The molecule has 8 aromatic carbocycles. The van der Waals surface area contributed by atoms with Gasteiger partial charge in [0.2, 0.25) is 0 Å². The summed E-state index contributed by atoms with van der Waals surface area (Å²) in [4.78, 5) is 10.6. The van der Waals surface area contributed by atoms with Crippen molar-refractivity contribution in [3.05, 3.63) is 205 Å². The van der Waals surface area contributed by atoms with Crippen molar-refractivity contribution in [1.82, 2.24) is 19.1 Å². The molecule has 266 valence electrons. The molecule has 0 atom stereocenters.